The number of nitrogens with one attached hydrogen (secondary N) is 1. The molecule has 0 aliphatic carbocycles. The van der Waals surface area contributed by atoms with Crippen LogP contribution >= 0.6 is 11.3 Å². The molecule has 1 N–H and O–H groups in total. The molecule has 0 saturated carbocycles. The summed E-state index contributed by atoms with van der Waals surface area (Å²) in [6, 6.07) is 26.7. The molecule has 3 heterocycles. The summed E-state index contributed by atoms with van der Waals surface area (Å²) in [5.41, 5.74) is 6.35. The van der Waals surface area contributed by atoms with Crippen LogP contribution in [0.3, 0.4) is 0 Å². The summed E-state index contributed by atoms with van der Waals surface area (Å²) in [4.78, 5) is 34.3. The molecule has 0 aliphatic heterocycles. The van der Waals surface area contributed by atoms with Gasteiger partial charge in [0.25, 0.3) is 0 Å². The van der Waals surface area contributed by atoms with Gasteiger partial charge in [-0.25, -0.2) is 9.78 Å². The molecule has 0 unspecified atom stereocenters. The summed E-state index contributed by atoms with van der Waals surface area (Å²) in [7, 11) is 1.80. The molecule has 7 rings (SSSR count). The number of hydrogen-bond acceptors (Lipinski definition) is 5. The van der Waals surface area contributed by atoms with Gasteiger partial charge in [-0.15, -0.1) is 0 Å². The summed E-state index contributed by atoms with van der Waals surface area (Å²) in [5, 5.41) is 6.59. The van der Waals surface area contributed by atoms with Gasteiger partial charge in [0, 0.05) is 19.4 Å². The molecule has 40 heavy (non-hydrogen) atoms. The lowest BCUT2D eigenvalue weighted by Gasteiger charge is -2.16. The minimum atomic E-state index is -0.184. The molecule has 0 saturated heterocycles. The van der Waals surface area contributed by atoms with E-state index in [1.54, 1.807) is 17.8 Å². The lowest BCUT2D eigenvalue weighted by molar-refractivity contribution is -0.114. The molecule has 196 valence electrons. The molecule has 0 fully saturated rings. The second kappa shape index (κ2) is 9.14. The Kier molecular flexibility index (Phi) is 5.54. The van der Waals surface area contributed by atoms with E-state index in [1.165, 1.54) is 23.6 Å². The zero-order valence-corrected chi connectivity index (χ0v) is 23.0. The van der Waals surface area contributed by atoms with Crippen molar-refractivity contribution in [3.63, 3.8) is 0 Å². The maximum absolute atomic E-state index is 13.7. The number of amides is 1. The standard InChI is InChI=1S/C32H25N5O2S/c1-18(21-9-8-20-6-4-5-7-22(20)14-21)37-30-25-15-23(10-12-26(25)33-17-28(30)36(3)32(37)39)24-11-13-27-29(16-24)40-31(35-27)34-19(2)38/h4-18H,1-3H3,(H,34,35,38)/t18-/m0/s1. The third-order valence-corrected chi connectivity index (χ3v) is 8.50. The SMILES string of the molecule is CC(=O)Nc1nc2ccc(-c3ccc4ncc5c(c4c3)n([C@@H](C)c3ccc4ccccc4c3)c(=O)n5C)cc2s1. The Morgan fingerprint density at radius 1 is 0.925 bits per heavy atom. The number of benzene rings is 4. The van der Waals surface area contributed by atoms with Crippen LogP contribution in [-0.2, 0) is 11.8 Å². The van der Waals surface area contributed by atoms with Crippen LogP contribution in [0.4, 0.5) is 5.13 Å². The van der Waals surface area contributed by atoms with Crippen LogP contribution in [0.25, 0.3) is 54.1 Å². The van der Waals surface area contributed by atoms with Crippen molar-refractivity contribution in [2.45, 2.75) is 19.9 Å². The second-order valence-electron chi connectivity index (χ2n) is 10.1. The molecule has 0 aliphatic rings. The highest BCUT2D eigenvalue weighted by molar-refractivity contribution is 7.22. The van der Waals surface area contributed by atoms with Crippen LogP contribution in [-0.4, -0.2) is 25.0 Å². The molecule has 0 spiro atoms. The van der Waals surface area contributed by atoms with Gasteiger partial charge in [-0.2, -0.15) is 0 Å². The van der Waals surface area contributed by atoms with Crippen molar-refractivity contribution < 1.29 is 4.79 Å². The van der Waals surface area contributed by atoms with Crippen LogP contribution in [0.15, 0.2) is 89.9 Å². The monoisotopic (exact) mass is 543 g/mol. The lowest BCUT2D eigenvalue weighted by atomic mass is 10.0. The fourth-order valence-electron chi connectivity index (χ4n) is 5.49. The van der Waals surface area contributed by atoms with Gasteiger partial charge in [0.05, 0.1) is 39.0 Å². The average molecular weight is 544 g/mol. The Morgan fingerprint density at radius 3 is 2.48 bits per heavy atom. The van der Waals surface area contributed by atoms with Crippen LogP contribution in [0.2, 0.25) is 0 Å². The van der Waals surface area contributed by atoms with E-state index in [9.17, 15) is 9.59 Å². The van der Waals surface area contributed by atoms with E-state index in [0.29, 0.717) is 5.13 Å². The molecular formula is C32H25N5O2S. The van der Waals surface area contributed by atoms with E-state index in [4.69, 9.17) is 4.98 Å². The molecule has 3 aromatic heterocycles. The largest absolute Gasteiger partial charge is 0.329 e. The number of hydrogen-bond donors (Lipinski definition) is 1. The van der Waals surface area contributed by atoms with E-state index >= 15 is 0 Å². The first-order valence-corrected chi connectivity index (χ1v) is 13.9. The second-order valence-corrected chi connectivity index (χ2v) is 11.1. The predicted octanol–water partition coefficient (Wildman–Crippen LogP) is 6.89. The van der Waals surface area contributed by atoms with Crippen molar-refractivity contribution >= 4 is 65.3 Å². The average Bonchev–Trinajstić information content (AvgIpc) is 3.48. The Hall–Kier alpha value is -4.82. The van der Waals surface area contributed by atoms with Gasteiger partial charge in [0.2, 0.25) is 5.91 Å². The van der Waals surface area contributed by atoms with Crippen LogP contribution in [0.5, 0.6) is 0 Å². The number of aromatic nitrogens is 4. The van der Waals surface area contributed by atoms with E-state index in [-0.39, 0.29) is 17.6 Å². The fourth-order valence-corrected chi connectivity index (χ4v) is 6.44. The molecule has 1 atom stereocenters. The maximum atomic E-state index is 13.7. The van der Waals surface area contributed by atoms with Crippen LogP contribution in [0.1, 0.15) is 25.5 Å². The normalized spacial score (nSPS) is 12.5. The minimum absolute atomic E-state index is 0.0769. The number of carbonyl (C=O) groups is 1. The van der Waals surface area contributed by atoms with Crippen LogP contribution < -0.4 is 11.0 Å². The van der Waals surface area contributed by atoms with Gasteiger partial charge in [0.1, 0.15) is 0 Å². The maximum Gasteiger partial charge on any atom is 0.329 e. The number of nitrogens with zero attached hydrogens (tertiary/aromatic N) is 4. The first-order valence-electron chi connectivity index (χ1n) is 13.0. The summed E-state index contributed by atoms with van der Waals surface area (Å²) in [6.45, 7) is 3.55. The molecular weight excluding hydrogens is 518 g/mol. The minimum Gasteiger partial charge on any atom is -0.302 e. The molecule has 7 nitrogen and oxygen atoms in total. The zero-order valence-electron chi connectivity index (χ0n) is 22.2. The smallest absolute Gasteiger partial charge is 0.302 e. The number of anilines is 1. The summed E-state index contributed by atoms with van der Waals surface area (Å²) < 4.78 is 4.55. The van der Waals surface area contributed by atoms with Crippen molar-refractivity contribution in [3.8, 4) is 11.1 Å². The quantitative estimate of drug-likeness (QED) is 0.262. The highest BCUT2D eigenvalue weighted by atomic mass is 32.1. The zero-order chi connectivity index (χ0) is 27.5. The van der Waals surface area contributed by atoms with Crippen LogP contribution in [0, 0.1) is 0 Å². The van der Waals surface area contributed by atoms with Crippen molar-refractivity contribution in [1.29, 1.82) is 0 Å². The molecule has 0 radical (unpaired) electrons. The van der Waals surface area contributed by atoms with Crippen molar-refractivity contribution in [1.82, 2.24) is 19.1 Å². The van der Waals surface area contributed by atoms with Gasteiger partial charge >= 0.3 is 5.69 Å². The molecule has 4 aromatic carbocycles. The van der Waals surface area contributed by atoms with Gasteiger partial charge in [-0.1, -0.05) is 59.9 Å². The topological polar surface area (TPSA) is 81.8 Å². The third-order valence-electron chi connectivity index (χ3n) is 7.56. The van der Waals surface area contributed by atoms with E-state index in [0.717, 1.165) is 54.2 Å². The van der Waals surface area contributed by atoms with Crippen molar-refractivity contribution in [2.75, 3.05) is 5.32 Å². The summed E-state index contributed by atoms with van der Waals surface area (Å²) >= 11 is 1.45. The summed E-state index contributed by atoms with van der Waals surface area (Å²) in [5.74, 6) is -0.142. The van der Waals surface area contributed by atoms with Gasteiger partial charge in [-0.3, -0.25) is 18.9 Å². The Balaban J connectivity index is 1.40. The molecule has 7 aromatic rings. The molecule has 1 amide bonds. The first-order chi connectivity index (χ1) is 19.4. The number of carbonyl (C=O) groups excluding carboxylic acids is 1. The van der Waals surface area contributed by atoms with Crippen molar-refractivity contribution in [3.05, 3.63) is 101 Å². The highest BCUT2D eigenvalue weighted by Crippen LogP contribution is 2.34. The van der Waals surface area contributed by atoms with Gasteiger partial charge in [0.15, 0.2) is 5.13 Å². The van der Waals surface area contributed by atoms with Gasteiger partial charge < -0.3 is 5.32 Å². The number of aryl methyl sites for hydroxylation is 1. The fraction of sp³-hybridized carbons (Fsp3) is 0.125. The molecule has 8 heteroatoms. The number of thiazole rings is 1. The predicted molar refractivity (Wildman–Crippen MR) is 163 cm³/mol. The number of fused-ring (bicyclic) bond motifs is 5. The number of imidazole rings is 1. The highest BCUT2D eigenvalue weighted by Gasteiger charge is 2.21. The van der Waals surface area contributed by atoms with Crippen molar-refractivity contribution in [2.24, 2.45) is 7.05 Å². The Morgan fingerprint density at radius 2 is 1.68 bits per heavy atom. The lowest BCUT2D eigenvalue weighted by Crippen LogP contribution is -2.25. The van der Waals surface area contributed by atoms with Gasteiger partial charge in [-0.05, 0) is 64.7 Å². The third kappa shape index (κ3) is 3.87. The van der Waals surface area contributed by atoms with E-state index in [2.05, 4.69) is 65.8 Å². The number of pyridine rings is 1. The van der Waals surface area contributed by atoms with E-state index < -0.39 is 0 Å². The Labute approximate surface area is 233 Å². The molecule has 0 bridgehead atoms. The first kappa shape index (κ1) is 24.2. The van der Waals surface area contributed by atoms with E-state index in [1.807, 2.05) is 34.9 Å². The Bertz CT molecular complexity index is 2190. The summed E-state index contributed by atoms with van der Waals surface area (Å²) in [6.07, 6.45) is 1.79. The number of rotatable bonds is 4.